The molecule has 2 heterocycles. The second kappa shape index (κ2) is 7.35. The van der Waals surface area contributed by atoms with Gasteiger partial charge < -0.3 is 4.74 Å². The first-order chi connectivity index (χ1) is 12.0. The fourth-order valence-corrected chi connectivity index (χ4v) is 4.33. The van der Waals surface area contributed by atoms with Crippen molar-refractivity contribution in [1.29, 1.82) is 5.26 Å². The van der Waals surface area contributed by atoms with Crippen molar-refractivity contribution in [3.63, 3.8) is 0 Å². The number of benzene rings is 1. The fourth-order valence-electron chi connectivity index (χ4n) is 2.83. The number of rotatable bonds is 5. The number of aryl methyl sites for hydroxylation is 1. The number of hydrogen-bond donors (Lipinski definition) is 0. The van der Waals surface area contributed by atoms with Crippen molar-refractivity contribution in [3.05, 3.63) is 53.3 Å². The summed E-state index contributed by atoms with van der Waals surface area (Å²) in [6.07, 6.45) is 3.30. The predicted octanol–water partition coefficient (Wildman–Crippen LogP) is 1.68. The van der Waals surface area contributed by atoms with E-state index in [9.17, 15) is 8.42 Å². The Morgan fingerprint density at radius 1 is 1.44 bits per heavy atom. The molecule has 0 bridgehead atoms. The Kier molecular flexibility index (Phi) is 5.18. The Balaban J connectivity index is 1.74. The van der Waals surface area contributed by atoms with Crippen molar-refractivity contribution >= 4 is 10.0 Å². The SMILES string of the molecule is CCn1cc([C@H]2CN(S(=O)(=O)Cc3cccc(C#N)c3)CCO2)cn1. The fraction of sp³-hybridized carbons (Fsp3) is 0.412. The molecule has 1 aromatic heterocycles. The molecule has 0 N–H and O–H groups in total. The van der Waals surface area contributed by atoms with Gasteiger partial charge in [-0.15, -0.1) is 0 Å². The van der Waals surface area contributed by atoms with Gasteiger partial charge in [-0.1, -0.05) is 12.1 Å². The third-order valence-electron chi connectivity index (χ3n) is 4.18. The van der Waals surface area contributed by atoms with Crippen LogP contribution in [0, 0.1) is 11.3 Å². The lowest BCUT2D eigenvalue weighted by molar-refractivity contribution is -0.00265. The third kappa shape index (κ3) is 4.07. The molecule has 3 rings (SSSR count). The molecule has 7 nitrogen and oxygen atoms in total. The van der Waals surface area contributed by atoms with Gasteiger partial charge in [-0.3, -0.25) is 4.68 Å². The maximum absolute atomic E-state index is 12.8. The molecule has 0 aliphatic carbocycles. The molecule has 1 fully saturated rings. The second-order valence-corrected chi connectivity index (χ2v) is 7.88. The van der Waals surface area contributed by atoms with Crippen LogP contribution in [0.4, 0.5) is 0 Å². The van der Waals surface area contributed by atoms with Crippen LogP contribution in [0.25, 0.3) is 0 Å². The van der Waals surface area contributed by atoms with E-state index >= 15 is 0 Å². The van der Waals surface area contributed by atoms with E-state index in [1.807, 2.05) is 19.2 Å². The lowest BCUT2D eigenvalue weighted by atomic mass is 10.2. The summed E-state index contributed by atoms with van der Waals surface area (Å²) in [6.45, 7) is 3.70. The van der Waals surface area contributed by atoms with E-state index < -0.39 is 10.0 Å². The standard InChI is InChI=1S/C17H20N4O3S/c1-2-20-11-16(10-19-20)17-12-21(6-7-24-17)25(22,23)13-15-5-3-4-14(8-15)9-18/h3-5,8,10-11,17H,2,6-7,12-13H2,1H3/t17-/m1/s1. The molecule has 25 heavy (non-hydrogen) atoms. The van der Waals surface area contributed by atoms with Gasteiger partial charge in [-0.05, 0) is 24.6 Å². The summed E-state index contributed by atoms with van der Waals surface area (Å²) in [5.74, 6) is -0.122. The van der Waals surface area contributed by atoms with Gasteiger partial charge in [0.05, 0.1) is 36.3 Å². The number of nitrogens with zero attached hydrogens (tertiary/aromatic N) is 4. The Labute approximate surface area is 147 Å². The van der Waals surface area contributed by atoms with Crippen LogP contribution < -0.4 is 0 Å². The Hall–Kier alpha value is -2.21. The summed E-state index contributed by atoms with van der Waals surface area (Å²) >= 11 is 0. The van der Waals surface area contributed by atoms with Gasteiger partial charge in [0, 0.05) is 31.4 Å². The molecule has 1 atom stereocenters. The molecule has 1 aliphatic heterocycles. The number of sulfonamides is 1. The molecule has 1 aliphatic rings. The molecule has 132 valence electrons. The number of hydrogen-bond acceptors (Lipinski definition) is 5. The number of nitriles is 1. The highest BCUT2D eigenvalue weighted by atomic mass is 32.2. The molecule has 0 saturated carbocycles. The van der Waals surface area contributed by atoms with Gasteiger partial charge in [-0.2, -0.15) is 14.7 Å². The minimum absolute atomic E-state index is 0.122. The highest BCUT2D eigenvalue weighted by Crippen LogP contribution is 2.25. The van der Waals surface area contributed by atoms with Crippen molar-refractivity contribution in [2.24, 2.45) is 0 Å². The van der Waals surface area contributed by atoms with Crippen LogP contribution >= 0.6 is 0 Å². The van der Waals surface area contributed by atoms with E-state index in [4.69, 9.17) is 10.00 Å². The molecule has 0 spiro atoms. The first-order valence-electron chi connectivity index (χ1n) is 8.12. The summed E-state index contributed by atoms with van der Waals surface area (Å²) in [6, 6.07) is 8.73. The van der Waals surface area contributed by atoms with Gasteiger partial charge in [0.1, 0.15) is 0 Å². The Bertz CT molecular complexity index is 885. The van der Waals surface area contributed by atoms with Gasteiger partial charge >= 0.3 is 0 Å². The molecule has 0 unspecified atom stereocenters. The first kappa shape index (κ1) is 17.6. The van der Waals surface area contributed by atoms with Gasteiger partial charge in [-0.25, -0.2) is 8.42 Å². The third-order valence-corrected chi connectivity index (χ3v) is 5.99. The molecule has 1 saturated heterocycles. The normalized spacial score (nSPS) is 18.8. The van der Waals surface area contributed by atoms with E-state index in [1.165, 1.54) is 4.31 Å². The van der Waals surface area contributed by atoms with Crippen molar-refractivity contribution in [1.82, 2.24) is 14.1 Å². The maximum atomic E-state index is 12.8. The second-order valence-electron chi connectivity index (χ2n) is 5.92. The summed E-state index contributed by atoms with van der Waals surface area (Å²) in [5, 5.41) is 13.2. The van der Waals surface area contributed by atoms with Gasteiger partial charge in [0.25, 0.3) is 0 Å². The average Bonchev–Trinajstić information content (AvgIpc) is 3.11. The average molecular weight is 360 g/mol. The van der Waals surface area contributed by atoms with Crippen molar-refractivity contribution in [2.45, 2.75) is 25.3 Å². The topological polar surface area (TPSA) is 88.2 Å². The van der Waals surface area contributed by atoms with Crippen molar-refractivity contribution < 1.29 is 13.2 Å². The Morgan fingerprint density at radius 2 is 2.28 bits per heavy atom. The van der Waals surface area contributed by atoms with Crippen molar-refractivity contribution in [3.8, 4) is 6.07 Å². The monoisotopic (exact) mass is 360 g/mol. The van der Waals surface area contributed by atoms with E-state index in [1.54, 1.807) is 35.1 Å². The highest BCUT2D eigenvalue weighted by Gasteiger charge is 2.31. The van der Waals surface area contributed by atoms with E-state index in [0.29, 0.717) is 24.3 Å². The van der Waals surface area contributed by atoms with Crippen LogP contribution in [0.2, 0.25) is 0 Å². The largest absolute Gasteiger partial charge is 0.371 e. The number of ether oxygens (including phenoxy) is 1. The highest BCUT2D eigenvalue weighted by molar-refractivity contribution is 7.88. The molecule has 2 aromatic rings. The van der Waals surface area contributed by atoms with Crippen LogP contribution in [0.3, 0.4) is 0 Å². The quantitative estimate of drug-likeness (QED) is 0.809. The molecule has 0 radical (unpaired) electrons. The molecule has 0 amide bonds. The first-order valence-corrected chi connectivity index (χ1v) is 9.73. The minimum atomic E-state index is -3.48. The zero-order valence-corrected chi connectivity index (χ0v) is 14.8. The maximum Gasteiger partial charge on any atom is 0.218 e. The molecule has 8 heteroatoms. The number of aromatic nitrogens is 2. The van der Waals surface area contributed by atoms with Crippen LogP contribution in [0.5, 0.6) is 0 Å². The molecular formula is C17H20N4O3S. The van der Waals surface area contributed by atoms with Crippen molar-refractivity contribution in [2.75, 3.05) is 19.7 Å². The summed E-state index contributed by atoms with van der Waals surface area (Å²) in [7, 11) is -3.48. The lowest BCUT2D eigenvalue weighted by Gasteiger charge is -2.31. The Morgan fingerprint density at radius 3 is 3.00 bits per heavy atom. The van der Waals surface area contributed by atoms with Crippen LogP contribution in [0.1, 0.15) is 29.7 Å². The lowest BCUT2D eigenvalue weighted by Crippen LogP contribution is -2.42. The predicted molar refractivity (Wildman–Crippen MR) is 91.9 cm³/mol. The van der Waals surface area contributed by atoms with E-state index in [0.717, 1.165) is 12.1 Å². The smallest absolute Gasteiger partial charge is 0.218 e. The zero-order valence-electron chi connectivity index (χ0n) is 14.0. The van der Waals surface area contributed by atoms with Crippen LogP contribution in [-0.2, 0) is 27.1 Å². The van der Waals surface area contributed by atoms with E-state index in [-0.39, 0.29) is 18.4 Å². The summed E-state index contributed by atoms with van der Waals surface area (Å²) in [5.41, 5.74) is 1.95. The molecular weight excluding hydrogens is 340 g/mol. The molecule has 1 aromatic carbocycles. The zero-order chi connectivity index (χ0) is 17.9. The van der Waals surface area contributed by atoms with Crippen LogP contribution in [0.15, 0.2) is 36.7 Å². The summed E-state index contributed by atoms with van der Waals surface area (Å²) in [4.78, 5) is 0. The number of morpholine rings is 1. The van der Waals surface area contributed by atoms with E-state index in [2.05, 4.69) is 5.10 Å². The van der Waals surface area contributed by atoms with Crippen LogP contribution in [-0.4, -0.2) is 42.2 Å². The van der Waals surface area contributed by atoms with Gasteiger partial charge in [0.15, 0.2) is 0 Å². The summed E-state index contributed by atoms with van der Waals surface area (Å²) < 4.78 is 34.5. The minimum Gasteiger partial charge on any atom is -0.371 e. The van der Waals surface area contributed by atoms with Gasteiger partial charge in [0.2, 0.25) is 10.0 Å².